The number of hydrogen-bond donors (Lipinski definition) is 1. The molecule has 120 valence electrons. The Bertz CT molecular complexity index is 561. The first-order valence-corrected chi connectivity index (χ1v) is 8.83. The third-order valence-electron chi connectivity index (χ3n) is 3.56. The molecule has 1 unspecified atom stereocenters. The second-order valence-electron chi connectivity index (χ2n) is 5.01. The lowest BCUT2D eigenvalue weighted by Crippen LogP contribution is -2.38. The van der Waals surface area contributed by atoms with Crippen molar-refractivity contribution in [2.45, 2.75) is 51.6 Å². The van der Waals surface area contributed by atoms with Crippen molar-refractivity contribution in [1.82, 2.24) is 9.62 Å². The highest BCUT2D eigenvalue weighted by molar-refractivity contribution is 7.89. The molecule has 0 amide bonds. The predicted octanol–water partition coefficient (Wildman–Crippen LogP) is 2.74. The van der Waals surface area contributed by atoms with Crippen LogP contribution < -0.4 is 5.32 Å². The van der Waals surface area contributed by atoms with Crippen LogP contribution in [0.5, 0.6) is 0 Å². The fraction of sp³-hybridized carbons (Fsp3) is 0.600. The van der Waals surface area contributed by atoms with Crippen LogP contribution in [0.2, 0.25) is 0 Å². The highest BCUT2D eigenvalue weighted by Crippen LogP contribution is 2.23. The van der Waals surface area contributed by atoms with Gasteiger partial charge in [-0.15, -0.1) is 0 Å². The Hall–Kier alpha value is -0.980. The Morgan fingerprint density at radius 3 is 2.43 bits per heavy atom. The molecule has 0 saturated carbocycles. The summed E-state index contributed by atoms with van der Waals surface area (Å²) in [5.74, 6) is -0.688. The Kier molecular flexibility index (Phi) is 6.77. The molecule has 0 aromatic heterocycles. The smallest absolute Gasteiger partial charge is 0.246 e. The van der Waals surface area contributed by atoms with Crippen LogP contribution in [-0.2, 0) is 16.6 Å². The van der Waals surface area contributed by atoms with Crippen molar-refractivity contribution < 1.29 is 12.8 Å². The van der Waals surface area contributed by atoms with Gasteiger partial charge in [0, 0.05) is 19.1 Å². The van der Waals surface area contributed by atoms with Crippen LogP contribution in [0.3, 0.4) is 0 Å². The first kappa shape index (κ1) is 18.1. The van der Waals surface area contributed by atoms with Crippen LogP contribution in [0.25, 0.3) is 0 Å². The number of hydrogen-bond acceptors (Lipinski definition) is 3. The molecule has 0 bridgehead atoms. The molecule has 4 nitrogen and oxygen atoms in total. The first-order chi connectivity index (χ1) is 9.88. The average molecular weight is 316 g/mol. The van der Waals surface area contributed by atoms with E-state index in [9.17, 15) is 12.8 Å². The molecule has 0 saturated heterocycles. The summed E-state index contributed by atoms with van der Waals surface area (Å²) in [5.41, 5.74) is 0.736. The monoisotopic (exact) mass is 316 g/mol. The highest BCUT2D eigenvalue weighted by Gasteiger charge is 2.29. The van der Waals surface area contributed by atoms with Gasteiger partial charge < -0.3 is 5.32 Å². The third kappa shape index (κ3) is 4.25. The lowest BCUT2D eigenvalue weighted by Gasteiger charge is -2.26. The number of rotatable bonds is 8. The molecule has 0 radical (unpaired) electrons. The average Bonchev–Trinajstić information content (AvgIpc) is 2.45. The van der Waals surface area contributed by atoms with E-state index in [2.05, 4.69) is 5.32 Å². The third-order valence-corrected chi connectivity index (χ3v) is 5.68. The van der Waals surface area contributed by atoms with Crippen molar-refractivity contribution >= 4 is 10.0 Å². The molecular formula is C15H25FN2O2S. The molecule has 1 rings (SSSR count). The van der Waals surface area contributed by atoms with E-state index in [4.69, 9.17) is 0 Å². The highest BCUT2D eigenvalue weighted by atomic mass is 32.2. The van der Waals surface area contributed by atoms with Gasteiger partial charge in [-0.2, -0.15) is 4.31 Å². The van der Waals surface area contributed by atoms with Gasteiger partial charge in [0.1, 0.15) is 10.7 Å². The molecule has 0 aliphatic heterocycles. The number of halogens is 1. The summed E-state index contributed by atoms with van der Waals surface area (Å²) in [6.07, 6.45) is 0.688. The number of benzene rings is 1. The van der Waals surface area contributed by atoms with Gasteiger partial charge in [0.15, 0.2) is 0 Å². The second-order valence-corrected chi connectivity index (χ2v) is 6.87. The van der Waals surface area contributed by atoms with Crippen LogP contribution in [0, 0.1) is 5.82 Å². The summed E-state index contributed by atoms with van der Waals surface area (Å²) in [6, 6.07) is 4.16. The van der Waals surface area contributed by atoms with E-state index in [1.165, 1.54) is 16.4 Å². The van der Waals surface area contributed by atoms with Gasteiger partial charge in [0.2, 0.25) is 10.0 Å². The maximum atomic E-state index is 14.2. The van der Waals surface area contributed by atoms with Crippen molar-refractivity contribution in [2.75, 3.05) is 13.1 Å². The zero-order chi connectivity index (χ0) is 16.0. The number of nitrogens with zero attached hydrogens (tertiary/aromatic N) is 1. The van der Waals surface area contributed by atoms with Gasteiger partial charge in [-0.1, -0.05) is 26.8 Å². The van der Waals surface area contributed by atoms with Gasteiger partial charge in [-0.25, -0.2) is 12.8 Å². The molecule has 1 atom stereocenters. The second kappa shape index (κ2) is 7.87. The van der Waals surface area contributed by atoms with Gasteiger partial charge in [-0.05, 0) is 37.6 Å². The summed E-state index contributed by atoms with van der Waals surface area (Å²) in [6.45, 7) is 9.10. The molecule has 1 aromatic carbocycles. The van der Waals surface area contributed by atoms with Crippen molar-refractivity contribution in [3.63, 3.8) is 0 Å². The minimum absolute atomic E-state index is 0.152. The maximum absolute atomic E-state index is 14.2. The van der Waals surface area contributed by atoms with Crippen molar-refractivity contribution in [2.24, 2.45) is 0 Å². The lowest BCUT2D eigenvalue weighted by molar-refractivity contribution is 0.341. The van der Waals surface area contributed by atoms with Crippen LogP contribution in [0.4, 0.5) is 4.39 Å². The molecule has 0 aliphatic rings. The minimum atomic E-state index is -3.79. The Labute approximate surface area is 127 Å². The summed E-state index contributed by atoms with van der Waals surface area (Å²) >= 11 is 0. The first-order valence-electron chi connectivity index (χ1n) is 7.39. The fourth-order valence-corrected chi connectivity index (χ4v) is 3.94. The topological polar surface area (TPSA) is 49.4 Å². The Morgan fingerprint density at radius 2 is 1.95 bits per heavy atom. The van der Waals surface area contributed by atoms with E-state index in [1.54, 1.807) is 13.0 Å². The van der Waals surface area contributed by atoms with Gasteiger partial charge in [0.25, 0.3) is 0 Å². The van der Waals surface area contributed by atoms with Crippen molar-refractivity contribution in [1.29, 1.82) is 0 Å². The van der Waals surface area contributed by atoms with E-state index in [0.717, 1.165) is 12.1 Å². The van der Waals surface area contributed by atoms with Crippen LogP contribution in [-0.4, -0.2) is 31.9 Å². The quantitative estimate of drug-likeness (QED) is 0.802. The number of nitrogens with one attached hydrogen (secondary N) is 1. The standard InChI is InChI=1S/C15H25FN2O2S/c1-5-12(4)18(7-3)21(19,20)15-9-8-13(10-14(15)16)11-17-6-2/h8-10,12,17H,5-7,11H2,1-4H3. The van der Waals surface area contributed by atoms with E-state index in [-0.39, 0.29) is 10.9 Å². The molecule has 1 N–H and O–H groups in total. The maximum Gasteiger partial charge on any atom is 0.246 e. The van der Waals surface area contributed by atoms with Gasteiger partial charge >= 0.3 is 0 Å². The predicted molar refractivity (Wildman–Crippen MR) is 83.1 cm³/mol. The number of sulfonamides is 1. The molecule has 0 aliphatic carbocycles. The molecule has 6 heteroatoms. The zero-order valence-corrected chi connectivity index (χ0v) is 14.0. The zero-order valence-electron chi connectivity index (χ0n) is 13.2. The van der Waals surface area contributed by atoms with Crippen LogP contribution in [0.1, 0.15) is 39.7 Å². The summed E-state index contributed by atoms with van der Waals surface area (Å²) in [5, 5.41) is 3.08. The molecule has 1 aromatic rings. The van der Waals surface area contributed by atoms with E-state index in [1.807, 2.05) is 20.8 Å². The van der Waals surface area contributed by atoms with Crippen LogP contribution in [0.15, 0.2) is 23.1 Å². The molecule has 0 heterocycles. The van der Waals surface area contributed by atoms with Crippen molar-refractivity contribution in [3.05, 3.63) is 29.6 Å². The largest absolute Gasteiger partial charge is 0.313 e. The summed E-state index contributed by atoms with van der Waals surface area (Å²) in [4.78, 5) is -0.245. The SMILES string of the molecule is CCNCc1ccc(S(=O)(=O)N(CC)C(C)CC)c(F)c1. The van der Waals surface area contributed by atoms with E-state index >= 15 is 0 Å². The van der Waals surface area contributed by atoms with Crippen LogP contribution >= 0.6 is 0 Å². The van der Waals surface area contributed by atoms with Gasteiger partial charge in [0.05, 0.1) is 0 Å². The molecular weight excluding hydrogens is 291 g/mol. The Morgan fingerprint density at radius 1 is 1.29 bits per heavy atom. The summed E-state index contributed by atoms with van der Waals surface area (Å²) < 4.78 is 40.7. The van der Waals surface area contributed by atoms with Gasteiger partial charge in [-0.3, -0.25) is 0 Å². The van der Waals surface area contributed by atoms with Crippen molar-refractivity contribution in [3.8, 4) is 0 Å². The Balaban J connectivity index is 3.13. The minimum Gasteiger partial charge on any atom is -0.313 e. The van der Waals surface area contributed by atoms with E-state index < -0.39 is 15.8 Å². The molecule has 0 spiro atoms. The van der Waals surface area contributed by atoms with E-state index in [0.29, 0.717) is 19.5 Å². The molecule has 21 heavy (non-hydrogen) atoms. The fourth-order valence-electron chi connectivity index (χ4n) is 2.18. The molecule has 0 fully saturated rings. The summed E-state index contributed by atoms with van der Waals surface area (Å²) in [7, 11) is -3.79. The normalized spacial score (nSPS) is 13.6. The lowest BCUT2D eigenvalue weighted by atomic mass is 10.2.